The monoisotopic (exact) mass is 374 g/mol. The fourth-order valence-electron chi connectivity index (χ4n) is 4.34. The zero-order chi connectivity index (χ0) is 19.3. The molecule has 2 N–H and O–H groups in total. The summed E-state index contributed by atoms with van der Waals surface area (Å²) in [6.45, 7) is 9.19. The Labute approximate surface area is 163 Å². The molecule has 0 amide bonds. The van der Waals surface area contributed by atoms with Crippen molar-refractivity contribution in [3.63, 3.8) is 0 Å². The van der Waals surface area contributed by atoms with Crippen LogP contribution in [0.2, 0.25) is 0 Å². The number of pyridine rings is 1. The minimum atomic E-state index is -0.344. The van der Waals surface area contributed by atoms with E-state index in [4.69, 9.17) is 12.2 Å². The Bertz CT molecular complexity index is 770. The summed E-state index contributed by atoms with van der Waals surface area (Å²) in [7, 11) is 1.97. The summed E-state index contributed by atoms with van der Waals surface area (Å²) >= 11 is 5.77. The van der Waals surface area contributed by atoms with Gasteiger partial charge in [0, 0.05) is 24.0 Å². The third-order valence-corrected chi connectivity index (χ3v) is 5.96. The SMILES string of the molecule is CC.CCCC1CC(n2ccc3cc(C)ccc3c2=S)C(O)C1CNC. The van der Waals surface area contributed by atoms with Crippen LogP contribution in [0.3, 0.4) is 0 Å². The van der Waals surface area contributed by atoms with Gasteiger partial charge in [0.1, 0.15) is 4.64 Å². The number of hydrogen-bond donors (Lipinski definition) is 2. The van der Waals surface area contributed by atoms with Crippen molar-refractivity contribution in [2.75, 3.05) is 13.6 Å². The lowest BCUT2D eigenvalue weighted by Gasteiger charge is -2.23. The van der Waals surface area contributed by atoms with Crippen molar-refractivity contribution in [1.29, 1.82) is 0 Å². The van der Waals surface area contributed by atoms with Crippen LogP contribution >= 0.6 is 12.2 Å². The third kappa shape index (κ3) is 4.19. The Hall–Kier alpha value is -1.23. The first-order valence-electron chi connectivity index (χ1n) is 10.0. The van der Waals surface area contributed by atoms with E-state index in [2.05, 4.69) is 54.2 Å². The van der Waals surface area contributed by atoms with E-state index < -0.39 is 0 Å². The second-order valence-corrected chi connectivity index (χ2v) is 7.57. The molecular weight excluding hydrogens is 340 g/mol. The van der Waals surface area contributed by atoms with E-state index in [0.717, 1.165) is 29.4 Å². The van der Waals surface area contributed by atoms with Crippen LogP contribution < -0.4 is 5.32 Å². The van der Waals surface area contributed by atoms with Gasteiger partial charge in [0.15, 0.2) is 0 Å². The predicted molar refractivity (Wildman–Crippen MR) is 114 cm³/mol. The topological polar surface area (TPSA) is 37.2 Å². The largest absolute Gasteiger partial charge is 0.391 e. The van der Waals surface area contributed by atoms with Gasteiger partial charge >= 0.3 is 0 Å². The second-order valence-electron chi connectivity index (χ2n) is 7.18. The van der Waals surface area contributed by atoms with Gasteiger partial charge in [0.25, 0.3) is 0 Å². The van der Waals surface area contributed by atoms with Crippen LogP contribution in [0, 0.1) is 23.4 Å². The molecule has 1 aliphatic rings. The molecule has 1 aliphatic carbocycles. The molecule has 144 valence electrons. The van der Waals surface area contributed by atoms with Crippen LogP contribution in [0.25, 0.3) is 10.8 Å². The number of hydrogen-bond acceptors (Lipinski definition) is 3. The van der Waals surface area contributed by atoms with Gasteiger partial charge in [-0.05, 0) is 37.8 Å². The number of nitrogens with one attached hydrogen (secondary N) is 1. The van der Waals surface area contributed by atoms with Crippen LogP contribution in [0.15, 0.2) is 30.5 Å². The fourth-order valence-corrected chi connectivity index (χ4v) is 4.72. The average molecular weight is 375 g/mol. The Balaban J connectivity index is 0.00000117. The first kappa shape index (κ1) is 21.1. The molecule has 0 saturated heterocycles. The molecule has 3 nitrogen and oxygen atoms in total. The number of benzene rings is 1. The van der Waals surface area contributed by atoms with Crippen molar-refractivity contribution >= 4 is 23.0 Å². The zero-order valence-corrected chi connectivity index (χ0v) is 17.6. The molecular formula is C22H34N2OS. The van der Waals surface area contributed by atoms with Gasteiger partial charge in [-0.15, -0.1) is 0 Å². The Morgan fingerprint density at radius 3 is 2.65 bits per heavy atom. The minimum absolute atomic E-state index is 0.0816. The summed E-state index contributed by atoms with van der Waals surface area (Å²) < 4.78 is 2.98. The Kier molecular flexibility index (Phi) is 7.81. The second kappa shape index (κ2) is 9.63. The normalized spacial score (nSPS) is 25.2. The van der Waals surface area contributed by atoms with Crippen LogP contribution in [-0.4, -0.2) is 29.4 Å². The molecule has 0 bridgehead atoms. The van der Waals surface area contributed by atoms with Crippen LogP contribution in [0.5, 0.6) is 0 Å². The van der Waals surface area contributed by atoms with E-state index in [1.807, 2.05) is 20.9 Å². The third-order valence-electron chi connectivity index (χ3n) is 5.53. The van der Waals surface area contributed by atoms with Crippen molar-refractivity contribution in [3.05, 3.63) is 40.7 Å². The van der Waals surface area contributed by atoms with E-state index in [0.29, 0.717) is 11.8 Å². The van der Waals surface area contributed by atoms with Gasteiger partial charge in [0.05, 0.1) is 12.1 Å². The molecule has 1 saturated carbocycles. The van der Waals surface area contributed by atoms with Gasteiger partial charge in [-0.25, -0.2) is 0 Å². The maximum absolute atomic E-state index is 11.0. The summed E-state index contributed by atoms with van der Waals surface area (Å²) in [6.07, 6.45) is 5.06. The summed E-state index contributed by atoms with van der Waals surface area (Å²) in [5, 5.41) is 16.5. The molecule has 4 heteroatoms. The highest BCUT2D eigenvalue weighted by Crippen LogP contribution is 2.42. The summed E-state index contributed by atoms with van der Waals surface area (Å²) in [5.41, 5.74) is 1.24. The first-order chi connectivity index (χ1) is 12.6. The molecule has 0 spiro atoms. The molecule has 1 heterocycles. The maximum Gasteiger partial charge on any atom is 0.114 e. The Morgan fingerprint density at radius 1 is 1.27 bits per heavy atom. The minimum Gasteiger partial charge on any atom is -0.391 e. The van der Waals surface area contributed by atoms with E-state index >= 15 is 0 Å². The van der Waals surface area contributed by atoms with Crippen molar-refractivity contribution < 1.29 is 5.11 Å². The smallest absolute Gasteiger partial charge is 0.114 e. The number of aromatic nitrogens is 1. The zero-order valence-electron chi connectivity index (χ0n) is 16.8. The van der Waals surface area contributed by atoms with Crippen LogP contribution in [-0.2, 0) is 0 Å². The van der Waals surface area contributed by atoms with Gasteiger partial charge < -0.3 is 15.0 Å². The fraction of sp³-hybridized carbons (Fsp3) is 0.591. The van der Waals surface area contributed by atoms with E-state index in [1.165, 1.54) is 17.4 Å². The highest BCUT2D eigenvalue weighted by Gasteiger charge is 2.42. The van der Waals surface area contributed by atoms with Gasteiger partial charge in [-0.3, -0.25) is 0 Å². The maximum atomic E-state index is 11.0. The molecule has 4 atom stereocenters. The number of aliphatic hydroxyl groups is 1. The quantitative estimate of drug-likeness (QED) is 0.701. The number of nitrogens with zero attached hydrogens (tertiary/aromatic N) is 1. The predicted octanol–water partition coefficient (Wildman–Crippen LogP) is 5.26. The summed E-state index contributed by atoms with van der Waals surface area (Å²) in [6, 6.07) is 8.60. The van der Waals surface area contributed by atoms with Crippen molar-refractivity contribution in [2.24, 2.45) is 11.8 Å². The van der Waals surface area contributed by atoms with E-state index in [-0.39, 0.29) is 12.1 Å². The van der Waals surface area contributed by atoms with Crippen molar-refractivity contribution in [1.82, 2.24) is 9.88 Å². The number of aryl methyl sites for hydroxylation is 1. The molecule has 0 aliphatic heterocycles. The lowest BCUT2D eigenvalue weighted by atomic mass is 9.91. The molecule has 4 unspecified atom stereocenters. The number of fused-ring (bicyclic) bond motifs is 1. The standard InChI is InChI=1S/C20H28N2OS.C2H6/c1-4-5-14-11-18(19(23)17(14)12-21-3)22-9-8-15-10-13(2)6-7-16(15)20(22)24;1-2/h6-10,14,17-19,21,23H,4-5,11-12H2,1-3H3;1-2H3. The van der Waals surface area contributed by atoms with Crippen molar-refractivity contribution in [3.8, 4) is 0 Å². The molecule has 26 heavy (non-hydrogen) atoms. The van der Waals surface area contributed by atoms with Crippen LogP contribution in [0.4, 0.5) is 0 Å². The molecule has 3 rings (SSSR count). The average Bonchev–Trinajstić information content (AvgIpc) is 2.94. The van der Waals surface area contributed by atoms with Gasteiger partial charge in [-0.2, -0.15) is 0 Å². The highest BCUT2D eigenvalue weighted by atomic mass is 32.1. The van der Waals surface area contributed by atoms with Crippen LogP contribution in [0.1, 0.15) is 51.6 Å². The molecule has 0 radical (unpaired) electrons. The first-order valence-corrected chi connectivity index (χ1v) is 10.4. The van der Waals surface area contributed by atoms with Crippen molar-refractivity contribution in [2.45, 2.75) is 59.1 Å². The summed E-state index contributed by atoms with van der Waals surface area (Å²) in [5.74, 6) is 0.855. The lowest BCUT2D eigenvalue weighted by Crippen LogP contribution is -2.32. The highest BCUT2D eigenvalue weighted by molar-refractivity contribution is 7.71. The Morgan fingerprint density at radius 2 is 2.00 bits per heavy atom. The number of aliphatic hydroxyl groups excluding tert-OH is 1. The molecule has 2 aromatic rings. The van der Waals surface area contributed by atoms with Gasteiger partial charge in [0.2, 0.25) is 0 Å². The molecule has 1 aromatic carbocycles. The number of rotatable bonds is 5. The van der Waals surface area contributed by atoms with Gasteiger partial charge in [-0.1, -0.05) is 69.6 Å². The molecule has 1 fully saturated rings. The van der Waals surface area contributed by atoms with E-state index in [1.54, 1.807) is 0 Å². The lowest BCUT2D eigenvalue weighted by molar-refractivity contribution is 0.0852. The molecule has 1 aromatic heterocycles. The van der Waals surface area contributed by atoms with E-state index in [9.17, 15) is 5.11 Å². The summed E-state index contributed by atoms with van der Waals surface area (Å²) in [4.78, 5) is 0.